The van der Waals surface area contributed by atoms with E-state index >= 15 is 0 Å². The summed E-state index contributed by atoms with van der Waals surface area (Å²) in [7, 11) is 0. The van der Waals surface area contributed by atoms with E-state index in [1.54, 1.807) is 0 Å². The molecule has 0 aromatic heterocycles. The van der Waals surface area contributed by atoms with Gasteiger partial charge in [0.1, 0.15) is 0 Å². The summed E-state index contributed by atoms with van der Waals surface area (Å²) in [4.78, 5) is 14.2. The molecule has 3 nitrogen and oxygen atoms in total. The fraction of sp³-hybridized carbons (Fsp3) is 0.500. The first-order chi connectivity index (χ1) is 7.80. The number of nitrogens with zero attached hydrogens (tertiary/aromatic N) is 1. The number of likely N-dealkylation sites (tertiary alicyclic amines) is 1. The minimum atomic E-state index is -0.206. The number of hydrogen-bond acceptors (Lipinski definition) is 2. The zero-order valence-electron chi connectivity index (χ0n) is 11.0. The molecule has 1 amide bonds. The lowest BCUT2D eigenvalue weighted by Crippen LogP contribution is -2.66. The molecule has 0 aliphatic carbocycles. The first-order valence-electron chi connectivity index (χ1n) is 5.96. The van der Waals surface area contributed by atoms with Gasteiger partial charge in [-0.3, -0.25) is 4.79 Å². The standard InChI is InChI=1S/C14H20N2O/c1-9-5-10(2)12(11(3)6-9)13(17)16-7-14(4,15)8-16/h5-6H,7-8,15H2,1-4H3. The van der Waals surface area contributed by atoms with E-state index < -0.39 is 0 Å². The second-order valence-corrected chi connectivity index (χ2v) is 5.59. The van der Waals surface area contributed by atoms with E-state index in [1.165, 1.54) is 5.56 Å². The van der Waals surface area contributed by atoms with Gasteiger partial charge in [-0.15, -0.1) is 0 Å². The second kappa shape index (κ2) is 3.84. The zero-order chi connectivity index (χ0) is 12.8. The Bertz CT molecular complexity index is 446. The highest BCUT2D eigenvalue weighted by Crippen LogP contribution is 2.24. The maximum absolute atomic E-state index is 12.3. The van der Waals surface area contributed by atoms with Crippen LogP contribution in [0, 0.1) is 20.8 Å². The van der Waals surface area contributed by atoms with Crippen LogP contribution in [-0.2, 0) is 0 Å². The van der Waals surface area contributed by atoms with Crippen LogP contribution in [0.4, 0.5) is 0 Å². The average Bonchev–Trinajstić information content (AvgIpc) is 2.11. The van der Waals surface area contributed by atoms with Gasteiger partial charge in [-0.05, 0) is 38.8 Å². The Morgan fingerprint density at radius 3 is 2.12 bits per heavy atom. The highest BCUT2D eigenvalue weighted by Gasteiger charge is 2.38. The first kappa shape index (κ1) is 12.1. The number of carbonyl (C=O) groups is 1. The topological polar surface area (TPSA) is 46.3 Å². The molecule has 1 saturated heterocycles. The summed E-state index contributed by atoms with van der Waals surface area (Å²) in [6.45, 7) is 9.32. The first-order valence-corrected chi connectivity index (χ1v) is 5.96. The van der Waals surface area contributed by atoms with Crippen molar-refractivity contribution in [3.8, 4) is 0 Å². The van der Waals surface area contributed by atoms with E-state index in [-0.39, 0.29) is 11.4 Å². The maximum Gasteiger partial charge on any atom is 0.254 e. The van der Waals surface area contributed by atoms with Gasteiger partial charge in [0.05, 0.1) is 0 Å². The third-order valence-electron chi connectivity index (χ3n) is 3.28. The predicted molar refractivity (Wildman–Crippen MR) is 69.1 cm³/mol. The molecule has 2 N–H and O–H groups in total. The Labute approximate surface area is 103 Å². The third kappa shape index (κ3) is 2.20. The van der Waals surface area contributed by atoms with Crippen LogP contribution in [0.1, 0.15) is 34.0 Å². The fourth-order valence-electron chi connectivity index (χ4n) is 2.64. The number of nitrogens with two attached hydrogens (primary N) is 1. The van der Waals surface area contributed by atoms with Crippen molar-refractivity contribution in [3.63, 3.8) is 0 Å². The van der Waals surface area contributed by atoms with Gasteiger partial charge >= 0.3 is 0 Å². The molecule has 0 bridgehead atoms. The van der Waals surface area contributed by atoms with Crippen molar-refractivity contribution in [2.75, 3.05) is 13.1 Å². The van der Waals surface area contributed by atoms with Gasteiger partial charge in [0.25, 0.3) is 5.91 Å². The van der Waals surface area contributed by atoms with Gasteiger partial charge in [0.2, 0.25) is 0 Å². The highest BCUT2D eigenvalue weighted by atomic mass is 16.2. The molecule has 1 aromatic rings. The quantitative estimate of drug-likeness (QED) is 0.802. The molecule has 1 fully saturated rings. The average molecular weight is 232 g/mol. The summed E-state index contributed by atoms with van der Waals surface area (Å²) in [5.41, 5.74) is 9.87. The normalized spacial score (nSPS) is 17.8. The van der Waals surface area contributed by atoms with Crippen LogP contribution in [-0.4, -0.2) is 29.4 Å². The van der Waals surface area contributed by atoms with Crippen molar-refractivity contribution in [3.05, 3.63) is 34.4 Å². The van der Waals surface area contributed by atoms with E-state index in [4.69, 9.17) is 5.73 Å². The molecule has 2 rings (SSSR count). The number of aryl methyl sites for hydroxylation is 3. The van der Waals surface area contributed by atoms with E-state index in [1.807, 2.05) is 25.7 Å². The number of carbonyl (C=O) groups excluding carboxylic acids is 1. The van der Waals surface area contributed by atoms with Gasteiger partial charge in [-0.25, -0.2) is 0 Å². The van der Waals surface area contributed by atoms with E-state index in [9.17, 15) is 4.79 Å². The SMILES string of the molecule is Cc1cc(C)c(C(=O)N2CC(C)(N)C2)c(C)c1. The van der Waals surface area contributed by atoms with E-state index in [2.05, 4.69) is 19.1 Å². The minimum Gasteiger partial charge on any atom is -0.335 e. The van der Waals surface area contributed by atoms with Crippen molar-refractivity contribution in [1.82, 2.24) is 4.90 Å². The Hall–Kier alpha value is -1.35. The molecule has 0 radical (unpaired) electrons. The summed E-state index contributed by atoms with van der Waals surface area (Å²) in [5.74, 6) is 0.114. The van der Waals surface area contributed by atoms with Gasteiger partial charge in [-0.2, -0.15) is 0 Å². The van der Waals surface area contributed by atoms with Gasteiger partial charge < -0.3 is 10.6 Å². The van der Waals surface area contributed by atoms with Crippen molar-refractivity contribution in [2.45, 2.75) is 33.2 Å². The zero-order valence-corrected chi connectivity index (χ0v) is 11.0. The van der Waals surface area contributed by atoms with Gasteiger partial charge in [-0.1, -0.05) is 17.7 Å². The van der Waals surface area contributed by atoms with Crippen LogP contribution in [0.15, 0.2) is 12.1 Å². The van der Waals surface area contributed by atoms with E-state index in [0.717, 1.165) is 16.7 Å². The van der Waals surface area contributed by atoms with Crippen LogP contribution in [0.25, 0.3) is 0 Å². The number of hydrogen-bond donors (Lipinski definition) is 1. The smallest absolute Gasteiger partial charge is 0.254 e. The highest BCUT2D eigenvalue weighted by molar-refractivity contribution is 5.97. The lowest BCUT2D eigenvalue weighted by Gasteiger charge is -2.45. The van der Waals surface area contributed by atoms with Gasteiger partial charge in [0.15, 0.2) is 0 Å². The van der Waals surface area contributed by atoms with Crippen LogP contribution < -0.4 is 5.73 Å². The number of amides is 1. The second-order valence-electron chi connectivity index (χ2n) is 5.59. The molecule has 1 aromatic carbocycles. The van der Waals surface area contributed by atoms with Crippen LogP contribution in [0.5, 0.6) is 0 Å². The summed E-state index contributed by atoms with van der Waals surface area (Å²) < 4.78 is 0. The minimum absolute atomic E-state index is 0.114. The monoisotopic (exact) mass is 232 g/mol. The Balaban J connectivity index is 2.27. The molecular weight excluding hydrogens is 212 g/mol. The van der Waals surface area contributed by atoms with Crippen LogP contribution >= 0.6 is 0 Å². The van der Waals surface area contributed by atoms with Crippen molar-refractivity contribution in [1.29, 1.82) is 0 Å². The summed E-state index contributed by atoms with van der Waals surface area (Å²) >= 11 is 0. The lowest BCUT2D eigenvalue weighted by atomic mass is 9.91. The predicted octanol–water partition coefficient (Wildman–Crippen LogP) is 1.79. The van der Waals surface area contributed by atoms with E-state index in [0.29, 0.717) is 13.1 Å². The fourth-order valence-corrected chi connectivity index (χ4v) is 2.64. The maximum atomic E-state index is 12.3. The Kier molecular flexibility index (Phi) is 2.74. The van der Waals surface area contributed by atoms with Gasteiger partial charge in [0, 0.05) is 24.2 Å². The Morgan fingerprint density at radius 2 is 1.71 bits per heavy atom. The lowest BCUT2D eigenvalue weighted by molar-refractivity contribution is 0.0452. The molecule has 0 spiro atoms. The Morgan fingerprint density at radius 1 is 1.24 bits per heavy atom. The molecular formula is C14H20N2O. The van der Waals surface area contributed by atoms with Crippen molar-refractivity contribution >= 4 is 5.91 Å². The number of rotatable bonds is 1. The van der Waals surface area contributed by atoms with Crippen molar-refractivity contribution < 1.29 is 4.79 Å². The molecule has 0 atom stereocenters. The summed E-state index contributed by atoms with van der Waals surface area (Å²) in [5, 5.41) is 0. The van der Waals surface area contributed by atoms with Crippen LogP contribution in [0.3, 0.4) is 0 Å². The third-order valence-corrected chi connectivity index (χ3v) is 3.28. The summed E-state index contributed by atoms with van der Waals surface area (Å²) in [6.07, 6.45) is 0. The molecule has 1 heterocycles. The van der Waals surface area contributed by atoms with Crippen molar-refractivity contribution in [2.24, 2.45) is 5.73 Å². The molecule has 92 valence electrons. The molecule has 0 saturated carbocycles. The number of benzene rings is 1. The van der Waals surface area contributed by atoms with Crippen LogP contribution in [0.2, 0.25) is 0 Å². The molecule has 0 unspecified atom stereocenters. The molecule has 3 heteroatoms. The molecule has 1 aliphatic rings. The molecule has 1 aliphatic heterocycles. The molecule has 17 heavy (non-hydrogen) atoms. The summed E-state index contributed by atoms with van der Waals surface area (Å²) in [6, 6.07) is 4.11. The largest absolute Gasteiger partial charge is 0.335 e.